The molecule has 3 heterocycles. The van der Waals surface area contributed by atoms with E-state index < -0.39 is 29.5 Å². The minimum Gasteiger partial charge on any atom is -0.445 e. The van der Waals surface area contributed by atoms with E-state index in [1.165, 1.54) is 18.2 Å². The van der Waals surface area contributed by atoms with Gasteiger partial charge in [-0.25, -0.2) is 18.7 Å². The molecule has 2 aliphatic heterocycles. The number of benzene rings is 1. The van der Waals surface area contributed by atoms with Gasteiger partial charge >= 0.3 is 0 Å². The fourth-order valence-electron chi connectivity index (χ4n) is 4.34. The highest BCUT2D eigenvalue weighted by molar-refractivity contribution is 6.02. The van der Waals surface area contributed by atoms with Gasteiger partial charge in [0, 0.05) is 17.2 Å². The van der Waals surface area contributed by atoms with Crippen LogP contribution in [0.2, 0.25) is 0 Å². The number of anilines is 1. The van der Waals surface area contributed by atoms with Crippen LogP contribution in [-0.2, 0) is 10.3 Å². The summed E-state index contributed by atoms with van der Waals surface area (Å²) in [6, 6.07) is 6.33. The number of carbonyl (C=O) groups excluding carboxylic acids is 1. The lowest BCUT2D eigenvalue weighted by atomic mass is 9.67. The molecule has 4 rings (SSSR count). The number of fused-ring (bicyclic) bond motifs is 1. The van der Waals surface area contributed by atoms with Gasteiger partial charge in [0.05, 0.1) is 31.2 Å². The average molecular weight is 456 g/mol. The van der Waals surface area contributed by atoms with Gasteiger partial charge < -0.3 is 20.5 Å². The molecular formula is C22H22F2N6O3. The van der Waals surface area contributed by atoms with Gasteiger partial charge in [0.2, 0.25) is 12.7 Å². The number of amides is 1. The van der Waals surface area contributed by atoms with Crippen molar-refractivity contribution in [1.82, 2.24) is 9.97 Å². The van der Waals surface area contributed by atoms with Crippen molar-refractivity contribution in [3.05, 3.63) is 47.7 Å². The number of aliphatic imine (C=N–C) groups is 1. The molecule has 11 heteroatoms. The fourth-order valence-corrected chi connectivity index (χ4v) is 4.34. The molecule has 9 nitrogen and oxygen atoms in total. The van der Waals surface area contributed by atoms with Crippen LogP contribution in [0.15, 0.2) is 35.6 Å². The number of aromatic nitrogens is 2. The van der Waals surface area contributed by atoms with Crippen molar-refractivity contribution >= 4 is 17.4 Å². The Morgan fingerprint density at radius 2 is 2.21 bits per heavy atom. The number of alkyl halides is 1. The van der Waals surface area contributed by atoms with E-state index in [0.717, 1.165) is 12.4 Å². The number of hydrogen-bond acceptors (Lipinski definition) is 8. The Hall–Kier alpha value is -3.65. The van der Waals surface area contributed by atoms with E-state index in [-0.39, 0.29) is 41.6 Å². The highest BCUT2D eigenvalue weighted by atomic mass is 19.1. The summed E-state index contributed by atoms with van der Waals surface area (Å²) in [5.41, 5.74) is 4.55. The van der Waals surface area contributed by atoms with Crippen molar-refractivity contribution in [2.45, 2.75) is 31.9 Å². The molecule has 2 aliphatic rings. The minimum absolute atomic E-state index is 0.0364. The van der Waals surface area contributed by atoms with Gasteiger partial charge in [0.1, 0.15) is 28.3 Å². The summed E-state index contributed by atoms with van der Waals surface area (Å²) >= 11 is 0. The molecule has 172 valence electrons. The zero-order valence-electron chi connectivity index (χ0n) is 18.0. The van der Waals surface area contributed by atoms with Gasteiger partial charge in [-0.2, -0.15) is 5.26 Å². The second-order valence-electron chi connectivity index (χ2n) is 8.33. The lowest BCUT2D eigenvalue weighted by molar-refractivity contribution is 0.0995. The third-order valence-electron chi connectivity index (χ3n) is 6.26. The smallest absolute Gasteiger partial charge is 0.275 e. The summed E-state index contributed by atoms with van der Waals surface area (Å²) in [6.45, 7) is 2.60. The molecule has 0 spiro atoms. The second kappa shape index (κ2) is 8.37. The number of ether oxygens (including phenoxy) is 2. The summed E-state index contributed by atoms with van der Waals surface area (Å²) in [5, 5.41) is 12.3. The SMILES string of the molecule is C[C@H]1OC[C@]2(c3cc(NC(=O)c4cnc(OCF)cn4)ccc3F)N=C(N)[C@](C)(C#N)C[C@H]12. The molecule has 1 aromatic carbocycles. The number of nitrogens with two attached hydrogens (primary N) is 1. The predicted octanol–water partition coefficient (Wildman–Crippen LogP) is 2.69. The molecule has 0 aliphatic carbocycles. The number of rotatable bonds is 5. The zero-order valence-corrected chi connectivity index (χ0v) is 18.0. The first-order chi connectivity index (χ1) is 15.7. The third kappa shape index (κ3) is 3.87. The minimum atomic E-state index is -1.12. The molecule has 1 saturated heterocycles. The maximum atomic E-state index is 15.1. The van der Waals surface area contributed by atoms with Crippen LogP contribution in [0.3, 0.4) is 0 Å². The van der Waals surface area contributed by atoms with Crippen LogP contribution in [0, 0.1) is 28.5 Å². The van der Waals surface area contributed by atoms with Crippen LogP contribution in [0.5, 0.6) is 5.88 Å². The fraction of sp³-hybridized carbons (Fsp3) is 0.409. The highest BCUT2D eigenvalue weighted by Crippen LogP contribution is 2.52. The summed E-state index contributed by atoms with van der Waals surface area (Å²) in [4.78, 5) is 24.9. The Morgan fingerprint density at radius 1 is 1.42 bits per heavy atom. The molecule has 4 atom stereocenters. The van der Waals surface area contributed by atoms with Gasteiger partial charge in [-0.15, -0.1) is 0 Å². The van der Waals surface area contributed by atoms with Gasteiger partial charge in [0.15, 0.2) is 0 Å². The summed E-state index contributed by atoms with van der Waals surface area (Å²) in [6.07, 6.45) is 2.35. The largest absolute Gasteiger partial charge is 0.445 e. The van der Waals surface area contributed by atoms with Crippen molar-refractivity contribution in [3.63, 3.8) is 0 Å². The summed E-state index contributed by atoms with van der Waals surface area (Å²) in [5.74, 6) is -1.35. The number of nitriles is 1. The Morgan fingerprint density at radius 3 is 2.88 bits per heavy atom. The van der Waals surface area contributed by atoms with Crippen molar-refractivity contribution in [1.29, 1.82) is 5.26 Å². The number of amidine groups is 1. The maximum absolute atomic E-state index is 15.1. The van der Waals surface area contributed by atoms with Crippen molar-refractivity contribution in [2.75, 3.05) is 18.8 Å². The molecule has 0 unspecified atom stereocenters. The maximum Gasteiger partial charge on any atom is 0.275 e. The Kier molecular flexibility index (Phi) is 5.71. The van der Waals surface area contributed by atoms with Crippen molar-refractivity contribution in [3.8, 4) is 11.9 Å². The summed E-state index contributed by atoms with van der Waals surface area (Å²) < 4.78 is 37.7. The van der Waals surface area contributed by atoms with Crippen LogP contribution in [0.1, 0.15) is 36.3 Å². The van der Waals surface area contributed by atoms with Crippen LogP contribution >= 0.6 is 0 Å². The predicted molar refractivity (Wildman–Crippen MR) is 114 cm³/mol. The van der Waals surface area contributed by atoms with Gasteiger partial charge in [-0.05, 0) is 38.5 Å². The van der Waals surface area contributed by atoms with E-state index in [4.69, 9.17) is 10.5 Å². The normalized spacial score (nSPS) is 28.4. The first-order valence-electron chi connectivity index (χ1n) is 10.2. The van der Waals surface area contributed by atoms with E-state index in [1.54, 1.807) is 6.92 Å². The van der Waals surface area contributed by atoms with Crippen LogP contribution in [0.4, 0.5) is 14.5 Å². The molecule has 3 N–H and O–H groups in total. The second-order valence-corrected chi connectivity index (χ2v) is 8.33. The molecule has 33 heavy (non-hydrogen) atoms. The molecule has 0 radical (unpaired) electrons. The Balaban J connectivity index is 1.67. The van der Waals surface area contributed by atoms with E-state index in [2.05, 4.69) is 31.1 Å². The lowest BCUT2D eigenvalue weighted by Gasteiger charge is -2.41. The number of carbonyl (C=O) groups is 1. The van der Waals surface area contributed by atoms with Crippen LogP contribution < -0.4 is 15.8 Å². The average Bonchev–Trinajstić information content (AvgIpc) is 3.12. The molecular weight excluding hydrogens is 434 g/mol. The number of nitrogens with zero attached hydrogens (tertiary/aromatic N) is 4. The van der Waals surface area contributed by atoms with E-state index >= 15 is 4.39 Å². The first kappa shape index (κ1) is 22.5. The lowest BCUT2D eigenvalue weighted by Crippen LogP contribution is -2.49. The first-order valence-corrected chi connectivity index (χ1v) is 10.2. The highest BCUT2D eigenvalue weighted by Gasteiger charge is 2.57. The molecule has 2 aromatic rings. The molecule has 1 fully saturated rings. The number of hydrogen-bond donors (Lipinski definition) is 2. The van der Waals surface area contributed by atoms with E-state index in [0.29, 0.717) is 12.1 Å². The standard InChI is InChI=1S/C22H22F2N6O3/c1-12-15-6-21(2,9-25)20(26)30-22(15,10-32-12)14-5-13(3-4-16(14)24)29-19(31)17-7-28-18(8-27-17)33-11-23/h3-5,7-8,12,15H,6,10-11H2,1-2H3,(H2,26,30)(H,29,31)/t12-,15-,21+,22-/m1/s1. The molecule has 0 saturated carbocycles. The van der Waals surface area contributed by atoms with Gasteiger partial charge in [0.25, 0.3) is 5.91 Å². The summed E-state index contributed by atoms with van der Waals surface area (Å²) in [7, 11) is 0. The topological polar surface area (TPSA) is 136 Å². The van der Waals surface area contributed by atoms with E-state index in [9.17, 15) is 14.4 Å². The number of halogens is 2. The Bertz CT molecular complexity index is 1150. The van der Waals surface area contributed by atoms with Crippen LogP contribution in [0.25, 0.3) is 0 Å². The molecule has 1 aromatic heterocycles. The quantitative estimate of drug-likeness (QED) is 0.706. The van der Waals surface area contributed by atoms with Crippen molar-refractivity contribution < 1.29 is 23.0 Å². The van der Waals surface area contributed by atoms with E-state index in [1.807, 2.05) is 6.92 Å². The molecule has 0 bridgehead atoms. The van der Waals surface area contributed by atoms with Gasteiger partial charge in [-0.1, -0.05) is 0 Å². The van der Waals surface area contributed by atoms with Crippen molar-refractivity contribution in [2.24, 2.45) is 22.1 Å². The number of nitrogens with one attached hydrogen (secondary N) is 1. The molecule has 1 amide bonds. The van der Waals surface area contributed by atoms with Gasteiger partial charge in [-0.3, -0.25) is 9.79 Å². The van der Waals surface area contributed by atoms with Crippen LogP contribution in [-0.4, -0.2) is 41.3 Å². The third-order valence-corrected chi connectivity index (χ3v) is 6.26. The Labute approximate surface area is 188 Å². The zero-order chi connectivity index (χ0) is 23.8. The monoisotopic (exact) mass is 456 g/mol.